The van der Waals surface area contributed by atoms with Gasteiger partial charge in [0, 0.05) is 30.9 Å². The lowest BCUT2D eigenvalue weighted by molar-refractivity contribution is -0.384. The van der Waals surface area contributed by atoms with Gasteiger partial charge in [0.05, 0.1) is 4.92 Å². The second-order valence-corrected chi connectivity index (χ2v) is 5.76. The maximum atomic E-state index is 10.8. The number of anilines is 1. The van der Waals surface area contributed by atoms with Crippen molar-refractivity contribution < 1.29 is 4.92 Å². The van der Waals surface area contributed by atoms with E-state index in [2.05, 4.69) is 17.6 Å². The quantitative estimate of drug-likeness (QED) is 0.647. The summed E-state index contributed by atoms with van der Waals surface area (Å²) in [6, 6.07) is 5.15. The lowest BCUT2D eigenvalue weighted by Gasteiger charge is -2.34. The van der Waals surface area contributed by atoms with E-state index in [1.54, 1.807) is 12.1 Å². The molecule has 0 saturated carbocycles. The highest BCUT2D eigenvalue weighted by Gasteiger charge is 2.26. The van der Waals surface area contributed by atoms with Crippen molar-refractivity contribution in [2.24, 2.45) is 5.41 Å². The van der Waals surface area contributed by atoms with Gasteiger partial charge in [-0.1, -0.05) is 6.92 Å². The van der Waals surface area contributed by atoms with E-state index in [-0.39, 0.29) is 16.0 Å². The van der Waals surface area contributed by atoms with Gasteiger partial charge in [0.1, 0.15) is 0 Å². The van der Waals surface area contributed by atoms with Crippen LogP contribution < -0.4 is 10.6 Å². The summed E-state index contributed by atoms with van der Waals surface area (Å²) in [5.41, 5.74) is 2.10. The third-order valence-corrected chi connectivity index (χ3v) is 3.68. The monoisotopic (exact) mass is 263 g/mol. The third kappa shape index (κ3) is 3.67. The van der Waals surface area contributed by atoms with Crippen LogP contribution in [0, 0.1) is 22.5 Å². The Morgan fingerprint density at radius 2 is 2.26 bits per heavy atom. The number of aryl methyl sites for hydroxylation is 1. The molecular weight excluding hydrogens is 242 g/mol. The summed E-state index contributed by atoms with van der Waals surface area (Å²) < 4.78 is 0. The second-order valence-electron chi connectivity index (χ2n) is 5.76. The molecule has 0 bridgehead atoms. The minimum absolute atomic E-state index is 0.148. The number of nitro groups is 1. The molecule has 5 nitrogen and oxygen atoms in total. The first-order valence-corrected chi connectivity index (χ1v) is 6.69. The van der Waals surface area contributed by atoms with E-state index in [1.165, 1.54) is 12.8 Å². The lowest BCUT2D eigenvalue weighted by atomic mass is 9.83. The highest BCUT2D eigenvalue weighted by atomic mass is 16.6. The predicted octanol–water partition coefficient (Wildman–Crippen LogP) is 2.70. The van der Waals surface area contributed by atoms with Gasteiger partial charge in [-0.3, -0.25) is 10.1 Å². The molecule has 1 aliphatic rings. The minimum Gasteiger partial charge on any atom is -0.384 e. The van der Waals surface area contributed by atoms with Gasteiger partial charge in [-0.15, -0.1) is 0 Å². The number of nitrogens with one attached hydrogen (secondary N) is 2. The van der Waals surface area contributed by atoms with Gasteiger partial charge in [-0.05, 0) is 43.4 Å². The molecule has 0 amide bonds. The van der Waals surface area contributed by atoms with Crippen molar-refractivity contribution in [3.8, 4) is 0 Å². The van der Waals surface area contributed by atoms with Crippen LogP contribution in [-0.4, -0.2) is 24.6 Å². The fourth-order valence-corrected chi connectivity index (χ4v) is 2.56. The van der Waals surface area contributed by atoms with E-state index >= 15 is 0 Å². The zero-order valence-electron chi connectivity index (χ0n) is 11.5. The molecule has 2 rings (SSSR count). The van der Waals surface area contributed by atoms with Gasteiger partial charge in [0.25, 0.3) is 5.69 Å². The molecule has 2 N–H and O–H groups in total. The summed E-state index contributed by atoms with van der Waals surface area (Å²) in [5.74, 6) is 0. The summed E-state index contributed by atoms with van der Waals surface area (Å²) in [6.45, 7) is 7.04. The molecule has 1 fully saturated rings. The van der Waals surface area contributed by atoms with E-state index in [4.69, 9.17) is 0 Å². The first kappa shape index (κ1) is 13.8. The highest BCUT2D eigenvalue weighted by molar-refractivity contribution is 5.53. The summed E-state index contributed by atoms with van der Waals surface area (Å²) >= 11 is 0. The van der Waals surface area contributed by atoms with Crippen LogP contribution in [0.5, 0.6) is 0 Å². The normalized spacial score (nSPS) is 23.1. The average Bonchev–Trinajstić information content (AvgIpc) is 2.37. The Morgan fingerprint density at radius 3 is 2.89 bits per heavy atom. The first-order chi connectivity index (χ1) is 8.98. The number of nitrogens with zero attached hydrogens (tertiary/aromatic N) is 1. The number of rotatable bonds is 4. The number of nitro benzene ring substituents is 1. The SMILES string of the molecule is Cc1cc(NCC2(C)CCCNC2)cc([N+](=O)[O-])c1. The maximum Gasteiger partial charge on any atom is 0.271 e. The van der Waals surface area contributed by atoms with Crippen molar-refractivity contribution >= 4 is 11.4 Å². The van der Waals surface area contributed by atoms with Crippen LogP contribution in [0.25, 0.3) is 0 Å². The molecule has 0 aliphatic carbocycles. The Labute approximate surface area is 113 Å². The number of benzene rings is 1. The number of non-ortho nitro benzene ring substituents is 1. The van der Waals surface area contributed by atoms with Gasteiger partial charge in [-0.2, -0.15) is 0 Å². The van der Waals surface area contributed by atoms with E-state index < -0.39 is 0 Å². The molecule has 1 aromatic carbocycles. The largest absolute Gasteiger partial charge is 0.384 e. The van der Waals surface area contributed by atoms with Gasteiger partial charge in [0.2, 0.25) is 0 Å². The molecule has 0 radical (unpaired) electrons. The molecule has 1 aromatic rings. The van der Waals surface area contributed by atoms with Crippen LogP contribution in [0.1, 0.15) is 25.3 Å². The van der Waals surface area contributed by atoms with Crippen LogP contribution in [0.2, 0.25) is 0 Å². The summed E-state index contributed by atoms with van der Waals surface area (Å²) in [6.07, 6.45) is 2.37. The van der Waals surface area contributed by atoms with Gasteiger partial charge < -0.3 is 10.6 Å². The van der Waals surface area contributed by atoms with Gasteiger partial charge in [0.15, 0.2) is 0 Å². The van der Waals surface area contributed by atoms with Crippen molar-refractivity contribution in [1.29, 1.82) is 0 Å². The number of hydrogen-bond donors (Lipinski definition) is 2. The fraction of sp³-hybridized carbons (Fsp3) is 0.571. The molecule has 5 heteroatoms. The van der Waals surface area contributed by atoms with E-state index in [9.17, 15) is 10.1 Å². The maximum absolute atomic E-state index is 10.8. The Balaban J connectivity index is 2.04. The molecule has 1 atom stereocenters. The Hall–Kier alpha value is -1.62. The van der Waals surface area contributed by atoms with E-state index in [0.29, 0.717) is 0 Å². The summed E-state index contributed by atoms with van der Waals surface area (Å²) in [5, 5.41) is 17.6. The topological polar surface area (TPSA) is 67.2 Å². The van der Waals surface area contributed by atoms with Crippen LogP contribution in [-0.2, 0) is 0 Å². The molecule has 104 valence electrons. The van der Waals surface area contributed by atoms with Crippen LogP contribution >= 0.6 is 0 Å². The number of hydrogen-bond acceptors (Lipinski definition) is 4. The number of piperidine rings is 1. The Morgan fingerprint density at radius 1 is 1.47 bits per heavy atom. The lowest BCUT2D eigenvalue weighted by Crippen LogP contribution is -2.42. The van der Waals surface area contributed by atoms with Gasteiger partial charge >= 0.3 is 0 Å². The molecule has 19 heavy (non-hydrogen) atoms. The van der Waals surface area contributed by atoms with Crippen molar-refractivity contribution in [1.82, 2.24) is 5.32 Å². The van der Waals surface area contributed by atoms with Crippen LogP contribution in [0.3, 0.4) is 0 Å². The molecule has 1 aliphatic heterocycles. The van der Waals surface area contributed by atoms with Gasteiger partial charge in [-0.25, -0.2) is 0 Å². The van der Waals surface area contributed by atoms with Crippen molar-refractivity contribution in [3.63, 3.8) is 0 Å². The smallest absolute Gasteiger partial charge is 0.271 e. The molecule has 0 aromatic heterocycles. The standard InChI is InChI=1S/C14H21N3O2/c1-11-6-12(8-13(7-11)17(18)19)16-10-14(2)4-3-5-15-9-14/h6-8,15-16H,3-5,9-10H2,1-2H3. The highest BCUT2D eigenvalue weighted by Crippen LogP contribution is 2.27. The molecule has 1 unspecified atom stereocenters. The summed E-state index contributed by atoms with van der Waals surface area (Å²) in [4.78, 5) is 10.5. The third-order valence-electron chi connectivity index (χ3n) is 3.68. The first-order valence-electron chi connectivity index (χ1n) is 6.69. The Bertz CT molecular complexity index is 468. The molecule has 1 saturated heterocycles. The van der Waals surface area contributed by atoms with Crippen molar-refractivity contribution in [3.05, 3.63) is 33.9 Å². The molecular formula is C14H21N3O2. The zero-order chi connectivity index (χ0) is 13.9. The predicted molar refractivity (Wildman–Crippen MR) is 76.5 cm³/mol. The van der Waals surface area contributed by atoms with Crippen molar-refractivity contribution in [2.45, 2.75) is 26.7 Å². The minimum atomic E-state index is -0.345. The Kier molecular flexibility index (Phi) is 4.04. The van der Waals surface area contributed by atoms with Crippen LogP contribution in [0.15, 0.2) is 18.2 Å². The fourth-order valence-electron chi connectivity index (χ4n) is 2.56. The van der Waals surface area contributed by atoms with E-state index in [1.807, 2.05) is 13.0 Å². The molecule has 1 heterocycles. The van der Waals surface area contributed by atoms with E-state index in [0.717, 1.165) is 30.9 Å². The summed E-state index contributed by atoms with van der Waals surface area (Å²) in [7, 11) is 0. The second kappa shape index (κ2) is 5.57. The molecule has 0 spiro atoms. The van der Waals surface area contributed by atoms with Crippen molar-refractivity contribution in [2.75, 3.05) is 25.0 Å². The zero-order valence-corrected chi connectivity index (χ0v) is 11.5. The average molecular weight is 263 g/mol. The van der Waals surface area contributed by atoms with Crippen LogP contribution in [0.4, 0.5) is 11.4 Å².